The van der Waals surface area contributed by atoms with E-state index in [1.807, 2.05) is 42.2 Å². The van der Waals surface area contributed by atoms with Crippen LogP contribution >= 0.6 is 11.3 Å². The molecule has 0 spiro atoms. The van der Waals surface area contributed by atoms with E-state index in [1.165, 1.54) is 0 Å². The smallest absolute Gasteiger partial charge is 0.168 e. The molecule has 0 saturated heterocycles. The van der Waals surface area contributed by atoms with Crippen LogP contribution in [0, 0.1) is 6.92 Å². The quantitative estimate of drug-likeness (QED) is 0.403. The molecule has 0 fully saturated rings. The van der Waals surface area contributed by atoms with E-state index in [0.29, 0.717) is 0 Å². The first-order chi connectivity index (χ1) is 14.2. The SMILES string of the molecule is CCc1nccn1-c1nnc(-c2ccc(-c3ccc(C)cn3)s2)c2ccccc12. The molecule has 6 heteroatoms. The average molecular weight is 398 g/mol. The predicted molar refractivity (Wildman–Crippen MR) is 117 cm³/mol. The molecule has 5 rings (SSSR count). The Morgan fingerprint density at radius 2 is 1.72 bits per heavy atom. The van der Waals surface area contributed by atoms with E-state index < -0.39 is 0 Å². The lowest BCUT2D eigenvalue weighted by atomic mass is 10.1. The summed E-state index contributed by atoms with van der Waals surface area (Å²) >= 11 is 1.69. The van der Waals surface area contributed by atoms with Crippen LogP contribution in [0.2, 0.25) is 0 Å². The second-order valence-electron chi connectivity index (χ2n) is 6.87. The number of rotatable bonds is 4. The van der Waals surface area contributed by atoms with Crippen molar-refractivity contribution in [1.29, 1.82) is 0 Å². The molecule has 0 N–H and O–H groups in total. The minimum absolute atomic E-state index is 0.815. The summed E-state index contributed by atoms with van der Waals surface area (Å²) in [6.07, 6.45) is 6.49. The van der Waals surface area contributed by atoms with Gasteiger partial charge in [0.05, 0.1) is 15.4 Å². The fourth-order valence-corrected chi connectivity index (χ4v) is 4.44. The van der Waals surface area contributed by atoms with Crippen LogP contribution in [0.3, 0.4) is 0 Å². The van der Waals surface area contributed by atoms with Gasteiger partial charge in [-0.25, -0.2) is 4.98 Å². The van der Waals surface area contributed by atoms with Crippen LogP contribution in [0.5, 0.6) is 0 Å². The zero-order chi connectivity index (χ0) is 19.8. The van der Waals surface area contributed by atoms with Crippen molar-refractivity contribution in [2.75, 3.05) is 0 Å². The Balaban J connectivity index is 1.64. The van der Waals surface area contributed by atoms with Gasteiger partial charge in [0.2, 0.25) is 0 Å². The van der Waals surface area contributed by atoms with E-state index in [2.05, 4.69) is 63.5 Å². The van der Waals surface area contributed by atoms with Gasteiger partial charge in [-0.15, -0.1) is 21.5 Å². The lowest BCUT2D eigenvalue weighted by Crippen LogP contribution is -2.04. The third kappa shape index (κ3) is 3.11. The Morgan fingerprint density at radius 3 is 2.52 bits per heavy atom. The van der Waals surface area contributed by atoms with Gasteiger partial charge in [-0.2, -0.15) is 0 Å². The first-order valence-electron chi connectivity index (χ1n) is 9.56. The van der Waals surface area contributed by atoms with Gasteiger partial charge in [-0.3, -0.25) is 9.55 Å². The fourth-order valence-electron chi connectivity index (χ4n) is 3.45. The second-order valence-corrected chi connectivity index (χ2v) is 7.95. The maximum atomic E-state index is 4.62. The molecule has 0 aliphatic heterocycles. The third-order valence-electron chi connectivity index (χ3n) is 4.93. The number of benzene rings is 1. The zero-order valence-corrected chi connectivity index (χ0v) is 17.0. The van der Waals surface area contributed by atoms with Crippen molar-refractivity contribution < 1.29 is 0 Å². The molecule has 0 bridgehead atoms. The summed E-state index contributed by atoms with van der Waals surface area (Å²) in [5, 5.41) is 11.4. The van der Waals surface area contributed by atoms with E-state index in [-0.39, 0.29) is 0 Å². The second kappa shape index (κ2) is 7.22. The number of imidazole rings is 1. The number of hydrogen-bond acceptors (Lipinski definition) is 5. The molecule has 0 atom stereocenters. The maximum absolute atomic E-state index is 4.62. The van der Waals surface area contributed by atoms with Gasteiger partial charge in [0.1, 0.15) is 11.5 Å². The van der Waals surface area contributed by atoms with Crippen LogP contribution in [-0.4, -0.2) is 24.7 Å². The highest BCUT2D eigenvalue weighted by Gasteiger charge is 2.15. The Hall–Kier alpha value is -3.38. The Kier molecular flexibility index (Phi) is 4.41. The summed E-state index contributed by atoms with van der Waals surface area (Å²) in [4.78, 5) is 11.2. The molecule has 0 saturated carbocycles. The van der Waals surface area contributed by atoms with Gasteiger partial charge < -0.3 is 0 Å². The van der Waals surface area contributed by atoms with E-state index >= 15 is 0 Å². The minimum Gasteiger partial charge on any atom is -0.286 e. The molecule has 5 aromatic rings. The number of hydrogen-bond donors (Lipinski definition) is 0. The van der Waals surface area contributed by atoms with Crippen molar-refractivity contribution in [2.45, 2.75) is 20.3 Å². The molecule has 0 aliphatic rings. The van der Waals surface area contributed by atoms with Gasteiger partial charge in [0.25, 0.3) is 0 Å². The molecule has 0 radical (unpaired) electrons. The lowest BCUT2D eigenvalue weighted by molar-refractivity contribution is 0.850. The molecule has 0 amide bonds. The number of pyridine rings is 1. The molecule has 4 aromatic heterocycles. The summed E-state index contributed by atoms with van der Waals surface area (Å²) < 4.78 is 2.02. The monoisotopic (exact) mass is 397 g/mol. The van der Waals surface area contributed by atoms with Crippen molar-refractivity contribution in [3.8, 4) is 27.0 Å². The molecule has 4 heterocycles. The number of nitrogens with zero attached hydrogens (tertiary/aromatic N) is 5. The zero-order valence-electron chi connectivity index (χ0n) is 16.2. The van der Waals surface area contributed by atoms with E-state index in [1.54, 1.807) is 11.3 Å². The first kappa shape index (κ1) is 17.7. The largest absolute Gasteiger partial charge is 0.286 e. The summed E-state index contributed by atoms with van der Waals surface area (Å²) in [7, 11) is 0. The van der Waals surface area contributed by atoms with Crippen molar-refractivity contribution in [3.05, 3.63) is 78.5 Å². The predicted octanol–water partition coefficient (Wildman–Crippen LogP) is 5.48. The fraction of sp³-hybridized carbons (Fsp3) is 0.130. The highest BCUT2D eigenvalue weighted by atomic mass is 32.1. The highest BCUT2D eigenvalue weighted by Crippen LogP contribution is 2.36. The van der Waals surface area contributed by atoms with Gasteiger partial charge in [0.15, 0.2) is 5.82 Å². The summed E-state index contributed by atoms with van der Waals surface area (Å²) in [6.45, 7) is 4.14. The number of thiophene rings is 1. The maximum Gasteiger partial charge on any atom is 0.168 e. The highest BCUT2D eigenvalue weighted by molar-refractivity contribution is 7.18. The third-order valence-corrected chi connectivity index (χ3v) is 6.05. The topological polar surface area (TPSA) is 56.5 Å². The molecule has 0 aliphatic carbocycles. The van der Waals surface area contributed by atoms with Crippen LogP contribution in [0.1, 0.15) is 18.3 Å². The summed E-state index contributed by atoms with van der Waals surface area (Å²) in [5.41, 5.74) is 3.03. The van der Waals surface area contributed by atoms with Crippen LogP contribution in [0.25, 0.3) is 37.7 Å². The standard InChI is InChI=1S/C23H19N5S/c1-3-21-24-12-13-28(21)23-17-7-5-4-6-16(17)22(26-27-23)20-11-10-19(29-20)18-9-8-15(2)14-25-18/h4-14H,3H2,1-2H3. The number of aryl methyl sites for hydroxylation is 2. The van der Waals surface area contributed by atoms with Crippen molar-refractivity contribution in [1.82, 2.24) is 24.7 Å². The Morgan fingerprint density at radius 1 is 0.897 bits per heavy atom. The van der Waals surface area contributed by atoms with Crippen LogP contribution in [0.15, 0.2) is 67.1 Å². The minimum atomic E-state index is 0.815. The number of aromatic nitrogens is 5. The van der Waals surface area contributed by atoms with Gasteiger partial charge in [-0.05, 0) is 30.7 Å². The molecule has 142 valence electrons. The van der Waals surface area contributed by atoms with E-state index in [9.17, 15) is 0 Å². The van der Waals surface area contributed by atoms with Gasteiger partial charge in [-0.1, -0.05) is 37.3 Å². The van der Waals surface area contributed by atoms with Gasteiger partial charge >= 0.3 is 0 Å². The lowest BCUT2D eigenvalue weighted by Gasteiger charge is -2.10. The molecule has 0 unspecified atom stereocenters. The average Bonchev–Trinajstić information content (AvgIpc) is 3.43. The van der Waals surface area contributed by atoms with Crippen molar-refractivity contribution in [3.63, 3.8) is 0 Å². The molecule has 5 nitrogen and oxygen atoms in total. The van der Waals surface area contributed by atoms with Crippen LogP contribution in [-0.2, 0) is 6.42 Å². The summed E-state index contributed by atoms with van der Waals surface area (Å²) in [6, 6.07) is 16.6. The Bertz CT molecular complexity index is 1300. The molecule has 29 heavy (non-hydrogen) atoms. The summed E-state index contributed by atoms with van der Waals surface area (Å²) in [5.74, 6) is 1.79. The van der Waals surface area contributed by atoms with Crippen LogP contribution in [0.4, 0.5) is 0 Å². The normalized spacial score (nSPS) is 11.2. The van der Waals surface area contributed by atoms with Crippen molar-refractivity contribution in [2.24, 2.45) is 0 Å². The number of fused-ring (bicyclic) bond motifs is 1. The molecular weight excluding hydrogens is 378 g/mol. The van der Waals surface area contributed by atoms with Crippen LogP contribution < -0.4 is 0 Å². The van der Waals surface area contributed by atoms with E-state index in [0.717, 1.165) is 55.5 Å². The van der Waals surface area contributed by atoms with E-state index in [4.69, 9.17) is 0 Å². The molecular formula is C23H19N5S. The molecule has 1 aromatic carbocycles. The first-order valence-corrected chi connectivity index (χ1v) is 10.4. The van der Waals surface area contributed by atoms with Gasteiger partial charge in [0, 0.05) is 35.8 Å². The van der Waals surface area contributed by atoms with Crippen molar-refractivity contribution >= 4 is 22.1 Å². The Labute approximate surface area is 172 Å².